The van der Waals surface area contributed by atoms with E-state index in [-0.39, 0.29) is 22.3 Å². The lowest BCUT2D eigenvalue weighted by atomic mass is 10.1. The molecule has 0 aliphatic carbocycles. The second kappa shape index (κ2) is 10.1. The molecule has 2 aromatic carbocycles. The van der Waals surface area contributed by atoms with Crippen LogP contribution >= 0.6 is 11.8 Å². The molecule has 0 unspecified atom stereocenters. The van der Waals surface area contributed by atoms with Crippen molar-refractivity contribution in [3.8, 4) is 22.8 Å². The number of carbonyl (C=O) groups excluding carboxylic acids is 1. The van der Waals surface area contributed by atoms with Crippen molar-refractivity contribution in [2.45, 2.75) is 18.3 Å². The molecule has 1 heterocycles. The lowest BCUT2D eigenvalue weighted by Gasteiger charge is -2.13. The van der Waals surface area contributed by atoms with Gasteiger partial charge in [0.05, 0.1) is 25.7 Å². The average Bonchev–Trinajstić information content (AvgIpc) is 2.78. The average molecular weight is 481 g/mol. The topological polar surface area (TPSA) is 73.3 Å². The Morgan fingerprint density at radius 3 is 2.42 bits per heavy atom. The molecule has 33 heavy (non-hydrogen) atoms. The van der Waals surface area contributed by atoms with Gasteiger partial charge in [-0.25, -0.2) is 14.4 Å². The summed E-state index contributed by atoms with van der Waals surface area (Å²) in [5.41, 5.74) is 0.118. The van der Waals surface area contributed by atoms with Crippen LogP contribution in [0.1, 0.15) is 11.3 Å². The van der Waals surface area contributed by atoms with Crippen LogP contribution in [-0.4, -0.2) is 35.8 Å². The summed E-state index contributed by atoms with van der Waals surface area (Å²) in [6.07, 6.45) is -4.72. The number of anilines is 1. The number of amides is 1. The summed E-state index contributed by atoms with van der Waals surface area (Å²) in [6.45, 7) is 1.69. The molecule has 0 atom stereocenters. The maximum absolute atomic E-state index is 13.4. The maximum atomic E-state index is 13.4. The molecule has 1 amide bonds. The lowest BCUT2D eigenvalue weighted by Crippen LogP contribution is -2.16. The first-order valence-electron chi connectivity index (χ1n) is 9.48. The molecule has 3 aromatic rings. The first kappa shape index (κ1) is 24.3. The van der Waals surface area contributed by atoms with Crippen LogP contribution in [0.3, 0.4) is 0 Å². The van der Waals surface area contributed by atoms with Gasteiger partial charge in [0.15, 0.2) is 16.7 Å². The van der Waals surface area contributed by atoms with Crippen molar-refractivity contribution in [2.24, 2.45) is 0 Å². The molecule has 0 aliphatic heterocycles. The molecule has 0 saturated heterocycles. The Morgan fingerprint density at radius 2 is 1.76 bits per heavy atom. The van der Waals surface area contributed by atoms with Gasteiger partial charge in [-0.15, -0.1) is 0 Å². The zero-order chi connectivity index (χ0) is 24.2. The van der Waals surface area contributed by atoms with Crippen LogP contribution in [0.5, 0.6) is 11.5 Å². The van der Waals surface area contributed by atoms with E-state index in [4.69, 9.17) is 9.47 Å². The zero-order valence-corrected chi connectivity index (χ0v) is 18.6. The minimum Gasteiger partial charge on any atom is -0.493 e. The minimum atomic E-state index is -4.72. The summed E-state index contributed by atoms with van der Waals surface area (Å²) in [5, 5.41) is 2.30. The Labute approximate surface area is 191 Å². The highest BCUT2D eigenvalue weighted by atomic mass is 32.2. The van der Waals surface area contributed by atoms with Crippen LogP contribution < -0.4 is 14.8 Å². The molecular formula is C22H19F4N3O3S. The zero-order valence-electron chi connectivity index (χ0n) is 17.8. The Morgan fingerprint density at radius 1 is 1.03 bits per heavy atom. The third kappa shape index (κ3) is 6.13. The molecule has 0 aliphatic rings. The number of methoxy groups -OCH3 is 2. The number of hydrogen-bond donors (Lipinski definition) is 1. The van der Waals surface area contributed by atoms with E-state index in [2.05, 4.69) is 15.3 Å². The fourth-order valence-corrected chi connectivity index (χ4v) is 3.48. The van der Waals surface area contributed by atoms with E-state index in [1.54, 1.807) is 13.0 Å². The van der Waals surface area contributed by atoms with Crippen molar-refractivity contribution in [2.75, 3.05) is 25.3 Å². The Kier molecular flexibility index (Phi) is 7.42. The molecule has 3 rings (SSSR count). The van der Waals surface area contributed by atoms with Gasteiger partial charge in [0.2, 0.25) is 5.91 Å². The molecule has 174 valence electrons. The normalized spacial score (nSPS) is 11.2. The van der Waals surface area contributed by atoms with Gasteiger partial charge < -0.3 is 14.8 Å². The van der Waals surface area contributed by atoms with Crippen LogP contribution in [0.4, 0.5) is 23.2 Å². The molecule has 11 heteroatoms. The van der Waals surface area contributed by atoms with E-state index in [9.17, 15) is 22.4 Å². The van der Waals surface area contributed by atoms with Crippen LogP contribution in [0, 0.1) is 12.7 Å². The van der Waals surface area contributed by atoms with Gasteiger partial charge in [-0.2, -0.15) is 13.2 Å². The highest BCUT2D eigenvalue weighted by Crippen LogP contribution is 2.35. The van der Waals surface area contributed by atoms with E-state index in [1.807, 2.05) is 0 Å². The number of alkyl halides is 3. The number of carbonyl (C=O) groups is 1. The van der Waals surface area contributed by atoms with Crippen molar-refractivity contribution in [3.63, 3.8) is 0 Å². The summed E-state index contributed by atoms with van der Waals surface area (Å²) in [6, 6.07) is 9.32. The highest BCUT2D eigenvalue weighted by molar-refractivity contribution is 7.99. The number of nitrogens with zero attached hydrogens (tertiary/aromatic N) is 2. The third-order valence-electron chi connectivity index (χ3n) is 4.48. The van der Waals surface area contributed by atoms with Gasteiger partial charge in [0.1, 0.15) is 11.5 Å². The van der Waals surface area contributed by atoms with Crippen LogP contribution in [0.15, 0.2) is 47.6 Å². The standard InChI is InChI=1S/C22H19F4N3O3S/c1-12-4-6-14(23)9-15(12)27-20(30)11-33-21-28-16(10-19(29-21)22(24,25)26)13-5-7-17(31-2)18(8-13)32-3/h4-10H,11H2,1-3H3,(H,27,30). The predicted molar refractivity (Wildman–Crippen MR) is 116 cm³/mol. The summed E-state index contributed by atoms with van der Waals surface area (Å²) in [5.74, 6) is -0.610. The number of aryl methyl sites for hydroxylation is 1. The number of rotatable bonds is 7. The Hall–Kier alpha value is -3.34. The van der Waals surface area contributed by atoms with Gasteiger partial charge >= 0.3 is 6.18 Å². The van der Waals surface area contributed by atoms with E-state index >= 15 is 0 Å². The van der Waals surface area contributed by atoms with Crippen molar-refractivity contribution in [1.82, 2.24) is 9.97 Å². The SMILES string of the molecule is COc1ccc(-c2cc(C(F)(F)F)nc(SCC(=O)Nc3cc(F)ccc3C)n2)cc1OC. The second-order valence-corrected chi connectivity index (χ2v) is 7.73. The number of aromatic nitrogens is 2. The van der Waals surface area contributed by atoms with Gasteiger partial charge in [-0.1, -0.05) is 17.8 Å². The Bertz CT molecular complexity index is 1170. The van der Waals surface area contributed by atoms with Crippen LogP contribution in [-0.2, 0) is 11.0 Å². The van der Waals surface area contributed by atoms with Gasteiger partial charge in [-0.3, -0.25) is 4.79 Å². The van der Waals surface area contributed by atoms with E-state index < -0.39 is 23.6 Å². The first-order valence-corrected chi connectivity index (χ1v) is 10.5. The van der Waals surface area contributed by atoms with Crippen LogP contribution in [0.2, 0.25) is 0 Å². The molecule has 6 nitrogen and oxygen atoms in total. The molecule has 0 fully saturated rings. The molecule has 0 radical (unpaired) electrons. The molecule has 0 bridgehead atoms. The molecule has 0 spiro atoms. The summed E-state index contributed by atoms with van der Waals surface area (Å²) in [7, 11) is 2.85. The van der Waals surface area contributed by atoms with E-state index in [0.717, 1.165) is 23.9 Å². The van der Waals surface area contributed by atoms with E-state index in [1.165, 1.54) is 38.5 Å². The molecular weight excluding hydrogens is 462 g/mol. The largest absolute Gasteiger partial charge is 0.493 e. The van der Waals surface area contributed by atoms with Crippen molar-refractivity contribution in [3.05, 3.63) is 59.5 Å². The fourth-order valence-electron chi connectivity index (χ4n) is 2.82. The highest BCUT2D eigenvalue weighted by Gasteiger charge is 2.34. The lowest BCUT2D eigenvalue weighted by molar-refractivity contribution is -0.141. The van der Waals surface area contributed by atoms with Crippen LogP contribution in [0.25, 0.3) is 11.3 Å². The smallest absolute Gasteiger partial charge is 0.433 e. The first-order chi connectivity index (χ1) is 15.6. The van der Waals surface area contributed by atoms with Crippen molar-refractivity contribution in [1.29, 1.82) is 0 Å². The maximum Gasteiger partial charge on any atom is 0.433 e. The van der Waals surface area contributed by atoms with Gasteiger partial charge in [-0.05, 0) is 48.9 Å². The summed E-state index contributed by atoms with van der Waals surface area (Å²) < 4.78 is 64.1. The van der Waals surface area contributed by atoms with E-state index in [0.29, 0.717) is 22.6 Å². The Balaban J connectivity index is 1.86. The predicted octanol–water partition coefficient (Wildman–Crippen LogP) is 5.36. The van der Waals surface area contributed by atoms with Crippen molar-refractivity contribution < 1.29 is 31.8 Å². The quantitative estimate of drug-likeness (QED) is 0.278. The summed E-state index contributed by atoms with van der Waals surface area (Å²) >= 11 is 0.731. The third-order valence-corrected chi connectivity index (χ3v) is 5.33. The number of ether oxygens (including phenoxy) is 2. The van der Waals surface area contributed by atoms with Crippen molar-refractivity contribution >= 4 is 23.4 Å². The second-order valence-electron chi connectivity index (χ2n) is 6.78. The number of halogens is 4. The molecule has 0 saturated carbocycles. The number of thioether (sulfide) groups is 1. The fraction of sp³-hybridized carbons (Fsp3) is 0.227. The number of hydrogen-bond acceptors (Lipinski definition) is 6. The monoisotopic (exact) mass is 481 g/mol. The molecule has 1 aromatic heterocycles. The van der Waals surface area contributed by atoms with Gasteiger partial charge in [0.25, 0.3) is 0 Å². The summed E-state index contributed by atoms with van der Waals surface area (Å²) in [4.78, 5) is 20.0. The minimum absolute atomic E-state index is 0.00200. The molecule has 1 N–H and O–H groups in total. The number of nitrogens with one attached hydrogen (secondary N) is 1. The van der Waals surface area contributed by atoms with Gasteiger partial charge in [0, 0.05) is 11.3 Å². The number of benzene rings is 2.